The third-order valence-electron chi connectivity index (χ3n) is 3.17. The van der Waals surface area contributed by atoms with Crippen LogP contribution in [0.4, 0.5) is 0 Å². The van der Waals surface area contributed by atoms with Crippen LogP contribution in [-0.2, 0) is 0 Å². The predicted molar refractivity (Wildman–Crippen MR) is 62.5 cm³/mol. The zero-order chi connectivity index (χ0) is 10.6. The lowest BCUT2D eigenvalue weighted by Gasteiger charge is -2.45. The van der Waals surface area contributed by atoms with Gasteiger partial charge in [0.15, 0.2) is 0 Å². The molecule has 2 heteroatoms. The molecular weight excluding hydrogens is 172 g/mol. The summed E-state index contributed by atoms with van der Waals surface area (Å²) in [6.07, 6.45) is 5.61. The monoisotopic (exact) mass is 196 g/mol. The molecule has 2 nitrogen and oxygen atoms in total. The molecule has 1 heterocycles. The molecule has 0 amide bonds. The molecule has 1 rings (SSSR count). The molecule has 1 fully saturated rings. The number of rotatable bonds is 3. The number of hydrogen-bond acceptors (Lipinski definition) is 2. The number of allylic oxidation sites excluding steroid dienone is 1. The van der Waals surface area contributed by atoms with Crippen LogP contribution in [0.1, 0.15) is 34.1 Å². The first kappa shape index (κ1) is 11.7. The predicted octanol–water partition coefficient (Wildman–Crippen LogP) is 2.02. The first-order valence-electron chi connectivity index (χ1n) is 5.69. The number of nitrogens with one attached hydrogen (secondary N) is 1. The highest BCUT2D eigenvalue weighted by atomic mass is 15.3. The fourth-order valence-corrected chi connectivity index (χ4v) is 1.91. The average Bonchev–Trinajstić information content (AvgIpc) is 2.16. The van der Waals surface area contributed by atoms with Crippen molar-refractivity contribution < 1.29 is 0 Å². The molecule has 0 radical (unpaired) electrons. The molecule has 14 heavy (non-hydrogen) atoms. The Hall–Kier alpha value is -0.340. The SMILES string of the molecule is C/C=C/CN1CC(CC)NCC1(C)C. The van der Waals surface area contributed by atoms with Crippen LogP contribution in [0.15, 0.2) is 12.2 Å². The van der Waals surface area contributed by atoms with Gasteiger partial charge in [-0.2, -0.15) is 0 Å². The van der Waals surface area contributed by atoms with Crippen LogP contribution in [0.5, 0.6) is 0 Å². The summed E-state index contributed by atoms with van der Waals surface area (Å²) in [5.41, 5.74) is 0.297. The smallest absolute Gasteiger partial charge is 0.0281 e. The lowest BCUT2D eigenvalue weighted by atomic mass is 9.96. The van der Waals surface area contributed by atoms with Gasteiger partial charge in [-0.25, -0.2) is 0 Å². The van der Waals surface area contributed by atoms with Gasteiger partial charge >= 0.3 is 0 Å². The Morgan fingerprint density at radius 3 is 2.79 bits per heavy atom. The maximum atomic E-state index is 3.60. The van der Waals surface area contributed by atoms with Crippen molar-refractivity contribution in [3.63, 3.8) is 0 Å². The van der Waals surface area contributed by atoms with Gasteiger partial charge in [0.25, 0.3) is 0 Å². The highest BCUT2D eigenvalue weighted by Crippen LogP contribution is 2.19. The van der Waals surface area contributed by atoms with E-state index in [9.17, 15) is 0 Å². The fourth-order valence-electron chi connectivity index (χ4n) is 1.91. The van der Waals surface area contributed by atoms with E-state index in [2.05, 4.69) is 50.1 Å². The van der Waals surface area contributed by atoms with E-state index < -0.39 is 0 Å². The third kappa shape index (κ3) is 2.82. The van der Waals surface area contributed by atoms with Crippen LogP contribution in [0.3, 0.4) is 0 Å². The Labute approximate surface area is 88.4 Å². The van der Waals surface area contributed by atoms with E-state index in [4.69, 9.17) is 0 Å². The van der Waals surface area contributed by atoms with Crippen molar-refractivity contribution in [3.05, 3.63) is 12.2 Å². The first-order valence-corrected chi connectivity index (χ1v) is 5.69. The van der Waals surface area contributed by atoms with Crippen molar-refractivity contribution >= 4 is 0 Å². The van der Waals surface area contributed by atoms with Crippen molar-refractivity contribution in [1.82, 2.24) is 10.2 Å². The van der Waals surface area contributed by atoms with Crippen molar-refractivity contribution in [2.75, 3.05) is 19.6 Å². The van der Waals surface area contributed by atoms with Crippen LogP contribution in [0, 0.1) is 0 Å². The number of nitrogens with zero attached hydrogens (tertiary/aromatic N) is 1. The Morgan fingerprint density at radius 1 is 1.50 bits per heavy atom. The molecule has 0 bridgehead atoms. The molecule has 1 saturated heterocycles. The van der Waals surface area contributed by atoms with Crippen LogP contribution in [-0.4, -0.2) is 36.1 Å². The van der Waals surface area contributed by atoms with Crippen LogP contribution >= 0.6 is 0 Å². The average molecular weight is 196 g/mol. The van der Waals surface area contributed by atoms with Gasteiger partial charge in [0.2, 0.25) is 0 Å². The second-order valence-electron chi connectivity index (χ2n) is 4.77. The summed E-state index contributed by atoms with van der Waals surface area (Å²) in [4.78, 5) is 2.57. The zero-order valence-electron chi connectivity index (χ0n) is 10.0. The normalized spacial score (nSPS) is 28.4. The molecule has 1 aliphatic rings. The minimum Gasteiger partial charge on any atom is -0.311 e. The molecule has 0 aromatic heterocycles. The minimum atomic E-state index is 0.297. The summed E-state index contributed by atoms with van der Waals surface area (Å²) in [7, 11) is 0. The second-order valence-corrected chi connectivity index (χ2v) is 4.77. The van der Waals surface area contributed by atoms with Gasteiger partial charge in [-0.3, -0.25) is 4.90 Å². The van der Waals surface area contributed by atoms with Gasteiger partial charge in [0, 0.05) is 31.2 Å². The van der Waals surface area contributed by atoms with Gasteiger partial charge in [0.05, 0.1) is 0 Å². The minimum absolute atomic E-state index is 0.297. The van der Waals surface area contributed by atoms with Crippen molar-refractivity contribution in [1.29, 1.82) is 0 Å². The summed E-state index contributed by atoms with van der Waals surface area (Å²) >= 11 is 0. The third-order valence-corrected chi connectivity index (χ3v) is 3.17. The maximum Gasteiger partial charge on any atom is 0.0281 e. The van der Waals surface area contributed by atoms with E-state index in [0.717, 1.165) is 13.1 Å². The van der Waals surface area contributed by atoms with E-state index in [0.29, 0.717) is 11.6 Å². The first-order chi connectivity index (χ1) is 6.60. The van der Waals surface area contributed by atoms with Crippen LogP contribution in [0.25, 0.3) is 0 Å². The highest BCUT2D eigenvalue weighted by molar-refractivity contribution is 4.96. The fraction of sp³-hybridized carbons (Fsp3) is 0.833. The van der Waals surface area contributed by atoms with Crippen molar-refractivity contribution in [2.45, 2.75) is 45.7 Å². The molecule has 1 N–H and O–H groups in total. The molecule has 1 aliphatic heterocycles. The highest BCUT2D eigenvalue weighted by Gasteiger charge is 2.32. The summed E-state index contributed by atoms with van der Waals surface area (Å²) in [6.45, 7) is 12.3. The number of piperazine rings is 1. The van der Waals surface area contributed by atoms with Gasteiger partial charge < -0.3 is 5.32 Å². The van der Waals surface area contributed by atoms with Crippen LogP contribution in [0.2, 0.25) is 0 Å². The Balaban J connectivity index is 2.56. The van der Waals surface area contributed by atoms with E-state index in [-0.39, 0.29) is 0 Å². The molecule has 0 aliphatic carbocycles. The van der Waals surface area contributed by atoms with Gasteiger partial charge in [-0.15, -0.1) is 0 Å². The lowest BCUT2D eigenvalue weighted by Crippen LogP contribution is -2.61. The van der Waals surface area contributed by atoms with Crippen molar-refractivity contribution in [2.24, 2.45) is 0 Å². The molecule has 0 spiro atoms. The van der Waals surface area contributed by atoms with Gasteiger partial charge in [-0.1, -0.05) is 19.1 Å². The standard InChI is InChI=1S/C12H24N2/c1-5-7-8-14-9-11(6-2)13-10-12(14,3)4/h5,7,11,13H,6,8-10H2,1-4H3/b7-5+. The number of hydrogen-bond donors (Lipinski definition) is 1. The molecule has 0 aromatic rings. The molecule has 82 valence electrons. The van der Waals surface area contributed by atoms with Gasteiger partial charge in [-0.05, 0) is 27.2 Å². The zero-order valence-corrected chi connectivity index (χ0v) is 10.0. The second kappa shape index (κ2) is 4.94. The molecule has 0 aromatic carbocycles. The summed E-state index contributed by atoms with van der Waals surface area (Å²) < 4.78 is 0. The van der Waals surface area contributed by atoms with Crippen LogP contribution < -0.4 is 5.32 Å². The van der Waals surface area contributed by atoms with Crippen molar-refractivity contribution in [3.8, 4) is 0 Å². The molecule has 1 atom stereocenters. The Bertz CT molecular complexity index is 196. The Kier molecular flexibility index (Phi) is 4.14. The van der Waals surface area contributed by atoms with E-state index in [1.165, 1.54) is 13.0 Å². The largest absolute Gasteiger partial charge is 0.311 e. The van der Waals surface area contributed by atoms with E-state index >= 15 is 0 Å². The molecule has 0 saturated carbocycles. The topological polar surface area (TPSA) is 15.3 Å². The summed E-state index contributed by atoms with van der Waals surface area (Å²) in [6, 6.07) is 0.674. The Morgan fingerprint density at radius 2 is 2.21 bits per heavy atom. The summed E-state index contributed by atoms with van der Waals surface area (Å²) in [5.74, 6) is 0. The summed E-state index contributed by atoms with van der Waals surface area (Å²) in [5, 5.41) is 3.60. The van der Waals surface area contributed by atoms with E-state index in [1.807, 2.05) is 0 Å². The quantitative estimate of drug-likeness (QED) is 0.695. The molecular formula is C12H24N2. The van der Waals surface area contributed by atoms with E-state index in [1.54, 1.807) is 0 Å². The lowest BCUT2D eigenvalue weighted by molar-refractivity contribution is 0.0775. The maximum absolute atomic E-state index is 3.60. The van der Waals surface area contributed by atoms with Gasteiger partial charge in [0.1, 0.15) is 0 Å². The molecule has 1 unspecified atom stereocenters.